The predicted octanol–water partition coefficient (Wildman–Crippen LogP) is 3.73. The summed E-state index contributed by atoms with van der Waals surface area (Å²) in [5.41, 5.74) is 0. The van der Waals surface area contributed by atoms with Crippen molar-refractivity contribution in [3.63, 3.8) is 0 Å². The summed E-state index contributed by atoms with van der Waals surface area (Å²) in [5, 5.41) is 0. The van der Waals surface area contributed by atoms with Crippen LogP contribution in [0.4, 0.5) is 0 Å². The van der Waals surface area contributed by atoms with Crippen molar-refractivity contribution in [3.8, 4) is 0 Å². The van der Waals surface area contributed by atoms with Crippen molar-refractivity contribution in [2.45, 2.75) is 40.5 Å². The van der Waals surface area contributed by atoms with Crippen molar-refractivity contribution >= 4 is 0 Å². The molecule has 0 rings (SSSR count). The quantitative estimate of drug-likeness (QED) is 0.478. The second-order valence-electron chi connectivity index (χ2n) is 3.37. The second kappa shape index (κ2) is 13.2. The summed E-state index contributed by atoms with van der Waals surface area (Å²) in [6.07, 6.45) is 2.11. The topological polar surface area (TPSA) is 0 Å². The predicted molar refractivity (Wildman–Crippen MR) is 49.6 cm³/mol. The number of rotatable bonds is 2. The standard InChI is InChI=1S/2C5H11.Zn/c2*1-4-5(2)3;/h2*5H,1,4H2,2-3H3;/q2*-1;+2. The zero-order chi connectivity index (χ0) is 8.57. The average Bonchev–Trinajstić information content (AvgIpc) is 1.89. The Kier molecular flexibility index (Phi) is 21.2. The second-order valence-corrected chi connectivity index (χ2v) is 3.37. The minimum absolute atomic E-state index is 0. The van der Waals surface area contributed by atoms with E-state index >= 15 is 0 Å². The van der Waals surface area contributed by atoms with E-state index in [4.69, 9.17) is 0 Å². The molecule has 0 heterocycles. The Morgan fingerprint density at radius 3 is 0.909 bits per heavy atom. The van der Waals surface area contributed by atoms with Crippen molar-refractivity contribution < 1.29 is 19.5 Å². The molecular formula is C10H22Zn. The van der Waals surface area contributed by atoms with Crippen molar-refractivity contribution in [1.29, 1.82) is 0 Å². The third-order valence-electron chi connectivity index (χ3n) is 1.15. The van der Waals surface area contributed by atoms with Crippen LogP contribution in [0.5, 0.6) is 0 Å². The Morgan fingerprint density at radius 2 is 0.909 bits per heavy atom. The molecule has 0 aromatic heterocycles. The monoisotopic (exact) mass is 206 g/mol. The minimum Gasteiger partial charge on any atom is -0.343 e. The molecule has 0 nitrogen and oxygen atoms in total. The fourth-order valence-electron chi connectivity index (χ4n) is 0. The Balaban J connectivity index is -0.000000107. The van der Waals surface area contributed by atoms with E-state index in [9.17, 15) is 0 Å². The molecule has 0 aromatic rings. The van der Waals surface area contributed by atoms with E-state index in [-0.39, 0.29) is 19.5 Å². The first-order chi connectivity index (χ1) is 4.54. The molecule has 0 saturated heterocycles. The molecule has 0 amide bonds. The minimum atomic E-state index is 0. The van der Waals surface area contributed by atoms with Crippen LogP contribution in [0.1, 0.15) is 40.5 Å². The molecule has 0 N–H and O–H groups in total. The van der Waals surface area contributed by atoms with Crippen LogP contribution < -0.4 is 0 Å². The summed E-state index contributed by atoms with van der Waals surface area (Å²) in [6.45, 7) is 16.0. The van der Waals surface area contributed by atoms with Crippen LogP contribution in [-0.2, 0) is 19.5 Å². The summed E-state index contributed by atoms with van der Waals surface area (Å²) >= 11 is 0. The van der Waals surface area contributed by atoms with Gasteiger partial charge in [0, 0.05) is 0 Å². The summed E-state index contributed by atoms with van der Waals surface area (Å²) in [6, 6.07) is 0. The van der Waals surface area contributed by atoms with Crippen LogP contribution in [0.25, 0.3) is 0 Å². The summed E-state index contributed by atoms with van der Waals surface area (Å²) in [4.78, 5) is 0. The van der Waals surface area contributed by atoms with E-state index in [1.54, 1.807) is 0 Å². The van der Waals surface area contributed by atoms with Crippen LogP contribution in [0, 0.1) is 25.7 Å². The fraction of sp³-hybridized carbons (Fsp3) is 0.800. The number of hydrogen-bond donors (Lipinski definition) is 0. The third-order valence-corrected chi connectivity index (χ3v) is 1.15. The van der Waals surface area contributed by atoms with Crippen molar-refractivity contribution in [1.82, 2.24) is 0 Å². The van der Waals surface area contributed by atoms with Crippen molar-refractivity contribution in [2.24, 2.45) is 11.8 Å². The normalized spacial score (nSPS) is 8.73. The molecule has 0 aliphatic carbocycles. The maximum absolute atomic E-state index is 3.69. The maximum atomic E-state index is 3.69. The maximum Gasteiger partial charge on any atom is 2.00 e. The molecule has 11 heavy (non-hydrogen) atoms. The molecule has 0 fully saturated rings. The Morgan fingerprint density at radius 1 is 0.818 bits per heavy atom. The van der Waals surface area contributed by atoms with E-state index in [1.807, 2.05) is 0 Å². The van der Waals surface area contributed by atoms with Gasteiger partial charge in [-0.15, -0.1) is 0 Å². The first-order valence-corrected chi connectivity index (χ1v) is 4.13. The fourth-order valence-corrected chi connectivity index (χ4v) is 0. The summed E-state index contributed by atoms with van der Waals surface area (Å²) in [5.74, 6) is 1.55. The van der Waals surface area contributed by atoms with Crippen LogP contribution in [0.3, 0.4) is 0 Å². The van der Waals surface area contributed by atoms with Gasteiger partial charge in [-0.1, -0.05) is 39.5 Å². The van der Waals surface area contributed by atoms with Crippen LogP contribution in [0.15, 0.2) is 0 Å². The van der Waals surface area contributed by atoms with E-state index in [1.165, 1.54) is 0 Å². The van der Waals surface area contributed by atoms with Gasteiger partial charge in [-0.25, -0.2) is 0 Å². The molecule has 0 atom stereocenters. The van der Waals surface area contributed by atoms with Crippen LogP contribution in [0.2, 0.25) is 0 Å². The Hall–Kier alpha value is 0.623. The van der Waals surface area contributed by atoms with Crippen LogP contribution in [-0.4, -0.2) is 0 Å². The molecule has 0 radical (unpaired) electrons. The molecule has 64 valence electrons. The molecule has 0 aliphatic heterocycles. The Bertz CT molecular complexity index is 40.8. The molecular weight excluding hydrogens is 185 g/mol. The average molecular weight is 208 g/mol. The van der Waals surface area contributed by atoms with Gasteiger partial charge in [0.05, 0.1) is 0 Å². The molecule has 0 unspecified atom stereocenters. The van der Waals surface area contributed by atoms with E-state index in [0.29, 0.717) is 0 Å². The zero-order valence-electron chi connectivity index (χ0n) is 8.69. The van der Waals surface area contributed by atoms with Gasteiger partial charge in [-0.2, -0.15) is 12.8 Å². The van der Waals surface area contributed by atoms with Crippen molar-refractivity contribution in [2.75, 3.05) is 0 Å². The summed E-state index contributed by atoms with van der Waals surface area (Å²) < 4.78 is 0. The van der Waals surface area contributed by atoms with Gasteiger partial charge < -0.3 is 13.8 Å². The molecule has 0 spiro atoms. The first kappa shape index (κ1) is 17.6. The van der Waals surface area contributed by atoms with Gasteiger partial charge in [0.15, 0.2) is 0 Å². The Labute approximate surface area is 85.9 Å². The SMILES string of the molecule is [CH2-]CC(C)C.[CH2-]CC(C)C.[Zn+2]. The van der Waals surface area contributed by atoms with Gasteiger partial charge in [-0.05, 0) is 0 Å². The first-order valence-electron chi connectivity index (χ1n) is 4.13. The van der Waals surface area contributed by atoms with Crippen LogP contribution >= 0.6 is 0 Å². The van der Waals surface area contributed by atoms with Gasteiger partial charge in [0.1, 0.15) is 0 Å². The van der Waals surface area contributed by atoms with Gasteiger partial charge in [-0.3, -0.25) is 0 Å². The van der Waals surface area contributed by atoms with E-state index < -0.39 is 0 Å². The third kappa shape index (κ3) is 37.0. The molecule has 0 bridgehead atoms. The van der Waals surface area contributed by atoms with Gasteiger partial charge >= 0.3 is 19.5 Å². The molecule has 0 saturated carbocycles. The molecule has 1 heteroatoms. The zero-order valence-corrected chi connectivity index (χ0v) is 11.7. The van der Waals surface area contributed by atoms with Crippen molar-refractivity contribution in [3.05, 3.63) is 13.8 Å². The number of hydrogen-bond acceptors (Lipinski definition) is 0. The smallest absolute Gasteiger partial charge is 0.343 e. The summed E-state index contributed by atoms with van der Waals surface area (Å²) in [7, 11) is 0. The van der Waals surface area contributed by atoms with E-state index in [0.717, 1.165) is 24.7 Å². The largest absolute Gasteiger partial charge is 2.00 e. The molecule has 0 aliphatic rings. The molecule has 0 aromatic carbocycles. The van der Waals surface area contributed by atoms with Gasteiger partial charge in [0.2, 0.25) is 0 Å². The van der Waals surface area contributed by atoms with Gasteiger partial charge in [0.25, 0.3) is 0 Å². The van der Waals surface area contributed by atoms with E-state index in [2.05, 4.69) is 41.5 Å².